The molecule has 0 spiro atoms. The van der Waals surface area contributed by atoms with Crippen molar-refractivity contribution in [3.05, 3.63) is 51.6 Å². The number of ether oxygens (including phenoxy) is 2. The van der Waals surface area contributed by atoms with E-state index in [9.17, 15) is 9.59 Å². The molecule has 0 saturated heterocycles. The highest BCUT2D eigenvalue weighted by Crippen LogP contribution is 2.29. The summed E-state index contributed by atoms with van der Waals surface area (Å²) in [4.78, 5) is 25.4. The second-order valence-electron chi connectivity index (χ2n) is 6.33. The molecule has 0 aliphatic rings. The van der Waals surface area contributed by atoms with Crippen molar-refractivity contribution in [3.8, 4) is 5.75 Å². The van der Waals surface area contributed by atoms with Crippen LogP contribution in [0.15, 0.2) is 35.5 Å². The Morgan fingerprint density at radius 3 is 2.81 bits per heavy atom. The Morgan fingerprint density at radius 2 is 2.06 bits per heavy atom. The van der Waals surface area contributed by atoms with Crippen molar-refractivity contribution in [1.82, 2.24) is 14.8 Å². The zero-order chi connectivity index (χ0) is 22.4. The highest BCUT2D eigenvalue weighted by Gasteiger charge is 2.19. The van der Waals surface area contributed by atoms with E-state index in [-0.39, 0.29) is 24.9 Å². The highest BCUT2D eigenvalue weighted by atomic mass is 35.5. The van der Waals surface area contributed by atoms with Crippen molar-refractivity contribution in [2.45, 2.75) is 25.6 Å². The van der Waals surface area contributed by atoms with Crippen LogP contribution in [0.2, 0.25) is 5.02 Å². The van der Waals surface area contributed by atoms with Gasteiger partial charge in [0, 0.05) is 11.9 Å². The molecular weight excluding hydrogens is 460 g/mol. The predicted molar refractivity (Wildman–Crippen MR) is 121 cm³/mol. The number of aromatic nitrogens is 3. The Morgan fingerprint density at radius 1 is 1.29 bits per heavy atom. The van der Waals surface area contributed by atoms with Crippen LogP contribution in [0.4, 0.5) is 5.00 Å². The largest absolute Gasteiger partial charge is 0.484 e. The van der Waals surface area contributed by atoms with Gasteiger partial charge in [-0.15, -0.1) is 21.5 Å². The highest BCUT2D eigenvalue weighted by molar-refractivity contribution is 7.99. The fraction of sp³-hybridized carbons (Fsp3) is 0.300. The number of para-hydroxylation sites is 1. The lowest BCUT2D eigenvalue weighted by Crippen LogP contribution is -2.16. The number of esters is 1. The smallest absolute Gasteiger partial charge is 0.341 e. The van der Waals surface area contributed by atoms with Gasteiger partial charge in [-0.1, -0.05) is 35.5 Å². The molecule has 1 N–H and O–H groups in total. The number of hydrogen-bond donors (Lipinski definition) is 1. The van der Waals surface area contributed by atoms with Crippen molar-refractivity contribution < 1.29 is 19.1 Å². The summed E-state index contributed by atoms with van der Waals surface area (Å²) in [5.41, 5.74) is 0.361. The SMILES string of the molecule is CCOC(=O)c1cc(C)sc1NC(=O)CSc1nnc(COc2ccccc2Cl)n1C. The Kier molecular flexibility index (Phi) is 7.94. The molecule has 0 aliphatic carbocycles. The summed E-state index contributed by atoms with van der Waals surface area (Å²) in [5.74, 6) is 0.558. The number of thioether (sulfide) groups is 1. The quantitative estimate of drug-likeness (QED) is 0.360. The van der Waals surface area contributed by atoms with E-state index in [0.29, 0.717) is 32.3 Å². The molecule has 1 aromatic carbocycles. The zero-order valence-corrected chi connectivity index (χ0v) is 19.6. The van der Waals surface area contributed by atoms with Crippen LogP contribution in [-0.4, -0.2) is 39.0 Å². The van der Waals surface area contributed by atoms with Crippen LogP contribution >= 0.6 is 34.7 Å². The van der Waals surface area contributed by atoms with Crippen LogP contribution in [-0.2, 0) is 23.2 Å². The number of halogens is 1. The number of rotatable bonds is 9. The molecule has 0 atom stereocenters. The van der Waals surface area contributed by atoms with E-state index in [0.717, 1.165) is 4.88 Å². The number of aryl methyl sites for hydroxylation is 1. The third-order valence-corrected chi connectivity index (χ3v) is 6.35. The normalized spacial score (nSPS) is 10.7. The summed E-state index contributed by atoms with van der Waals surface area (Å²) in [6, 6.07) is 8.88. The van der Waals surface area contributed by atoms with Gasteiger partial charge in [0.25, 0.3) is 0 Å². The van der Waals surface area contributed by atoms with E-state index in [4.69, 9.17) is 21.1 Å². The molecule has 1 amide bonds. The molecule has 0 bridgehead atoms. The fourth-order valence-corrected chi connectivity index (χ4v) is 4.40. The first kappa shape index (κ1) is 23.1. The van der Waals surface area contributed by atoms with Gasteiger partial charge < -0.3 is 19.4 Å². The van der Waals surface area contributed by atoms with Crippen LogP contribution in [0.1, 0.15) is 28.0 Å². The maximum absolute atomic E-state index is 12.4. The molecule has 3 rings (SSSR count). The van der Waals surface area contributed by atoms with Gasteiger partial charge in [0.1, 0.15) is 17.4 Å². The standard InChI is InChI=1S/C20H21ClN4O4S2/c1-4-28-19(27)13-9-12(2)31-18(13)22-17(26)11-30-20-24-23-16(25(20)3)10-29-15-8-6-5-7-14(15)21/h5-9H,4,10-11H2,1-3H3,(H,22,26). The Bertz CT molecular complexity index is 1080. The van der Waals surface area contributed by atoms with E-state index in [2.05, 4.69) is 15.5 Å². The van der Waals surface area contributed by atoms with Gasteiger partial charge in [0.15, 0.2) is 11.0 Å². The van der Waals surface area contributed by atoms with Crippen molar-refractivity contribution >= 4 is 51.6 Å². The number of amides is 1. The average molecular weight is 481 g/mol. The molecular formula is C20H21ClN4O4S2. The third-order valence-electron chi connectivity index (χ3n) is 4.05. The Balaban J connectivity index is 1.57. The lowest BCUT2D eigenvalue weighted by Gasteiger charge is -2.08. The molecule has 31 heavy (non-hydrogen) atoms. The van der Waals surface area contributed by atoms with E-state index >= 15 is 0 Å². The number of carbonyl (C=O) groups is 2. The molecule has 3 aromatic rings. The summed E-state index contributed by atoms with van der Waals surface area (Å²) < 4.78 is 12.5. The van der Waals surface area contributed by atoms with Crippen molar-refractivity contribution in [2.75, 3.05) is 17.7 Å². The number of nitrogens with one attached hydrogen (secondary N) is 1. The lowest BCUT2D eigenvalue weighted by atomic mass is 10.3. The Labute approximate surface area is 192 Å². The molecule has 0 fully saturated rings. The van der Waals surface area contributed by atoms with Crippen molar-refractivity contribution in [3.63, 3.8) is 0 Å². The van der Waals surface area contributed by atoms with Crippen LogP contribution in [0, 0.1) is 6.92 Å². The van der Waals surface area contributed by atoms with Gasteiger partial charge >= 0.3 is 5.97 Å². The van der Waals surface area contributed by atoms with Crippen LogP contribution < -0.4 is 10.1 Å². The summed E-state index contributed by atoms with van der Waals surface area (Å²) in [6.45, 7) is 4.06. The fourth-order valence-electron chi connectivity index (χ4n) is 2.56. The van der Waals surface area contributed by atoms with Crippen LogP contribution in [0.25, 0.3) is 0 Å². The minimum absolute atomic E-state index is 0.108. The first-order valence-electron chi connectivity index (χ1n) is 9.34. The molecule has 0 unspecified atom stereocenters. The molecule has 2 aromatic heterocycles. The van der Waals surface area contributed by atoms with E-state index in [1.165, 1.54) is 23.1 Å². The van der Waals surface area contributed by atoms with Gasteiger partial charge in [-0.05, 0) is 32.0 Å². The molecule has 164 valence electrons. The molecule has 11 heteroatoms. The minimum Gasteiger partial charge on any atom is -0.484 e. The van der Waals surface area contributed by atoms with Crippen LogP contribution in [0.5, 0.6) is 5.75 Å². The van der Waals surface area contributed by atoms with E-state index in [1.54, 1.807) is 36.7 Å². The van der Waals surface area contributed by atoms with Crippen LogP contribution in [0.3, 0.4) is 0 Å². The molecule has 0 aliphatic heterocycles. The number of anilines is 1. The van der Waals surface area contributed by atoms with Gasteiger partial charge in [0.2, 0.25) is 5.91 Å². The van der Waals surface area contributed by atoms with Gasteiger partial charge in [0.05, 0.1) is 22.9 Å². The number of nitrogens with zero attached hydrogens (tertiary/aromatic N) is 3. The van der Waals surface area contributed by atoms with Crippen molar-refractivity contribution in [1.29, 1.82) is 0 Å². The zero-order valence-electron chi connectivity index (χ0n) is 17.2. The average Bonchev–Trinajstić information content (AvgIpc) is 3.28. The minimum atomic E-state index is -0.453. The monoisotopic (exact) mass is 480 g/mol. The van der Waals surface area contributed by atoms with Gasteiger partial charge in [-0.3, -0.25) is 4.79 Å². The third kappa shape index (κ3) is 5.99. The Hall–Kier alpha value is -2.56. The van der Waals surface area contributed by atoms with Gasteiger partial charge in [-0.25, -0.2) is 4.79 Å². The first-order valence-corrected chi connectivity index (χ1v) is 11.5. The topological polar surface area (TPSA) is 95.3 Å². The number of benzene rings is 1. The molecule has 8 nitrogen and oxygen atoms in total. The number of carbonyl (C=O) groups excluding carboxylic acids is 2. The molecule has 0 saturated carbocycles. The summed E-state index contributed by atoms with van der Waals surface area (Å²) in [7, 11) is 1.80. The van der Waals surface area contributed by atoms with Crippen molar-refractivity contribution in [2.24, 2.45) is 7.05 Å². The lowest BCUT2D eigenvalue weighted by molar-refractivity contribution is -0.113. The summed E-state index contributed by atoms with van der Waals surface area (Å²) in [5, 5.41) is 12.6. The summed E-state index contributed by atoms with van der Waals surface area (Å²) in [6.07, 6.45) is 0. The predicted octanol–water partition coefficient (Wildman–Crippen LogP) is 4.32. The number of thiophene rings is 1. The molecule has 2 heterocycles. The van der Waals surface area contributed by atoms with E-state index in [1.807, 2.05) is 19.1 Å². The second-order valence-corrected chi connectivity index (χ2v) is 8.94. The summed E-state index contributed by atoms with van der Waals surface area (Å²) >= 11 is 8.66. The maximum atomic E-state index is 12.4. The molecule has 0 radical (unpaired) electrons. The maximum Gasteiger partial charge on any atom is 0.341 e. The first-order chi connectivity index (χ1) is 14.9. The second kappa shape index (κ2) is 10.7. The van der Waals surface area contributed by atoms with Gasteiger partial charge in [-0.2, -0.15) is 0 Å². The number of hydrogen-bond acceptors (Lipinski definition) is 8. The van der Waals surface area contributed by atoms with E-state index < -0.39 is 5.97 Å².